The number of hydrogen-bond donors (Lipinski definition) is 1. The molecular formula is C23H29N3O2. The summed E-state index contributed by atoms with van der Waals surface area (Å²) < 4.78 is 0. The number of aliphatic hydroxyl groups excluding tert-OH is 1. The van der Waals surface area contributed by atoms with Crippen LogP contribution < -0.4 is 0 Å². The minimum atomic E-state index is 0.134. The van der Waals surface area contributed by atoms with Crippen LogP contribution in [0, 0.1) is 11.3 Å². The van der Waals surface area contributed by atoms with Gasteiger partial charge < -0.3 is 10.0 Å². The first-order chi connectivity index (χ1) is 13.7. The summed E-state index contributed by atoms with van der Waals surface area (Å²) in [6.07, 6.45) is 5.87. The second-order valence-electron chi connectivity index (χ2n) is 8.32. The van der Waals surface area contributed by atoms with Gasteiger partial charge in [0.25, 0.3) is 0 Å². The van der Waals surface area contributed by atoms with Crippen LogP contribution in [0.1, 0.15) is 24.0 Å². The molecule has 2 aliphatic heterocycles. The largest absolute Gasteiger partial charge is 0.396 e. The summed E-state index contributed by atoms with van der Waals surface area (Å²) in [5, 5.41) is 10.0. The van der Waals surface area contributed by atoms with E-state index < -0.39 is 0 Å². The van der Waals surface area contributed by atoms with Crippen molar-refractivity contribution >= 4 is 5.91 Å². The first-order valence-corrected chi connectivity index (χ1v) is 10.2. The van der Waals surface area contributed by atoms with Crippen LogP contribution in [-0.2, 0) is 17.8 Å². The van der Waals surface area contributed by atoms with Crippen LogP contribution in [0.3, 0.4) is 0 Å². The Kier molecular flexibility index (Phi) is 5.74. The fraction of sp³-hybridized carbons (Fsp3) is 0.478. The van der Waals surface area contributed by atoms with Gasteiger partial charge in [0.05, 0.1) is 6.42 Å². The molecule has 0 bridgehead atoms. The average Bonchev–Trinajstić information content (AvgIpc) is 3.06. The molecular weight excluding hydrogens is 350 g/mol. The van der Waals surface area contributed by atoms with Crippen LogP contribution in [0.2, 0.25) is 0 Å². The molecule has 5 heteroatoms. The van der Waals surface area contributed by atoms with E-state index in [1.165, 1.54) is 5.56 Å². The van der Waals surface area contributed by atoms with Crippen LogP contribution in [0.5, 0.6) is 0 Å². The maximum atomic E-state index is 12.7. The molecule has 1 aromatic carbocycles. The SMILES string of the molecule is O=C(Cc1cccnc1)N1CCC2(CC1)CN(Cc1ccccc1)CC2CO. The smallest absolute Gasteiger partial charge is 0.227 e. The zero-order chi connectivity index (χ0) is 19.4. The summed E-state index contributed by atoms with van der Waals surface area (Å²) in [4.78, 5) is 21.2. The van der Waals surface area contributed by atoms with E-state index in [9.17, 15) is 9.90 Å². The van der Waals surface area contributed by atoms with Crippen molar-refractivity contribution in [2.75, 3.05) is 32.8 Å². The quantitative estimate of drug-likeness (QED) is 0.867. The molecule has 1 spiro atoms. The van der Waals surface area contributed by atoms with Crippen molar-refractivity contribution in [3.8, 4) is 0 Å². The van der Waals surface area contributed by atoms with Crippen molar-refractivity contribution in [3.05, 3.63) is 66.0 Å². The van der Waals surface area contributed by atoms with Crippen molar-refractivity contribution in [2.24, 2.45) is 11.3 Å². The summed E-state index contributed by atoms with van der Waals surface area (Å²) in [6, 6.07) is 14.4. The number of aliphatic hydroxyl groups is 1. The first kappa shape index (κ1) is 19.1. The molecule has 1 aromatic heterocycles. The Morgan fingerprint density at radius 3 is 2.54 bits per heavy atom. The Balaban J connectivity index is 1.36. The number of piperidine rings is 1. The maximum Gasteiger partial charge on any atom is 0.227 e. The second-order valence-corrected chi connectivity index (χ2v) is 8.32. The zero-order valence-electron chi connectivity index (χ0n) is 16.3. The molecule has 0 radical (unpaired) electrons. The average molecular weight is 380 g/mol. The Morgan fingerprint density at radius 1 is 1.11 bits per heavy atom. The highest BCUT2D eigenvalue weighted by Crippen LogP contribution is 2.45. The Bertz CT molecular complexity index is 773. The maximum absolute atomic E-state index is 12.7. The lowest BCUT2D eigenvalue weighted by atomic mass is 9.71. The Hall–Kier alpha value is -2.24. The molecule has 0 saturated carbocycles. The molecule has 1 N–H and O–H groups in total. The van der Waals surface area contributed by atoms with Gasteiger partial charge in [0.1, 0.15) is 0 Å². The van der Waals surface area contributed by atoms with E-state index in [1.807, 2.05) is 23.1 Å². The number of amides is 1. The predicted octanol–water partition coefficient (Wildman–Crippen LogP) is 2.36. The lowest BCUT2D eigenvalue weighted by Gasteiger charge is -2.42. The van der Waals surface area contributed by atoms with Gasteiger partial charge in [-0.25, -0.2) is 0 Å². The van der Waals surface area contributed by atoms with Crippen molar-refractivity contribution in [2.45, 2.75) is 25.8 Å². The molecule has 5 nitrogen and oxygen atoms in total. The van der Waals surface area contributed by atoms with Crippen LogP contribution in [-0.4, -0.2) is 58.6 Å². The molecule has 2 fully saturated rings. The highest BCUT2D eigenvalue weighted by Gasteiger charge is 2.47. The van der Waals surface area contributed by atoms with Gasteiger partial charge in [0.2, 0.25) is 5.91 Å². The van der Waals surface area contributed by atoms with E-state index in [4.69, 9.17) is 0 Å². The number of hydrogen-bond acceptors (Lipinski definition) is 4. The topological polar surface area (TPSA) is 56.7 Å². The van der Waals surface area contributed by atoms with E-state index in [-0.39, 0.29) is 17.9 Å². The third kappa shape index (κ3) is 4.10. The lowest BCUT2D eigenvalue weighted by molar-refractivity contribution is -0.133. The minimum Gasteiger partial charge on any atom is -0.396 e. The third-order valence-electron chi connectivity index (χ3n) is 6.54. The molecule has 2 aromatic rings. The van der Waals surface area contributed by atoms with E-state index in [0.29, 0.717) is 12.3 Å². The van der Waals surface area contributed by atoms with E-state index in [0.717, 1.165) is 51.1 Å². The van der Waals surface area contributed by atoms with Crippen LogP contribution >= 0.6 is 0 Å². The standard InChI is InChI=1S/C23H29N3O2/c27-17-21-16-25(15-19-5-2-1-3-6-19)18-23(21)8-11-26(12-9-23)22(28)13-20-7-4-10-24-14-20/h1-7,10,14,21,27H,8-9,11-13,15-18H2. The number of carbonyl (C=O) groups is 1. The van der Waals surface area contributed by atoms with Gasteiger partial charge in [-0.3, -0.25) is 14.7 Å². The lowest BCUT2D eigenvalue weighted by Crippen LogP contribution is -2.47. The highest BCUT2D eigenvalue weighted by molar-refractivity contribution is 5.78. The summed E-state index contributed by atoms with van der Waals surface area (Å²) in [7, 11) is 0. The van der Waals surface area contributed by atoms with Crippen molar-refractivity contribution in [3.63, 3.8) is 0 Å². The van der Waals surface area contributed by atoms with Gasteiger partial charge in [0.15, 0.2) is 0 Å². The molecule has 148 valence electrons. The monoisotopic (exact) mass is 379 g/mol. The number of likely N-dealkylation sites (tertiary alicyclic amines) is 2. The predicted molar refractivity (Wildman–Crippen MR) is 108 cm³/mol. The minimum absolute atomic E-state index is 0.134. The van der Waals surface area contributed by atoms with Crippen LogP contribution in [0.25, 0.3) is 0 Å². The van der Waals surface area contributed by atoms with Gasteiger partial charge in [-0.05, 0) is 35.4 Å². The summed E-state index contributed by atoms with van der Waals surface area (Å²) in [5.41, 5.74) is 2.42. The number of aromatic nitrogens is 1. The second kappa shape index (κ2) is 8.41. The third-order valence-corrected chi connectivity index (χ3v) is 6.54. The summed E-state index contributed by atoms with van der Waals surface area (Å²) in [6.45, 7) is 4.69. The normalized spacial score (nSPS) is 21.9. The Labute approximate surface area is 167 Å². The fourth-order valence-corrected chi connectivity index (χ4v) is 4.91. The van der Waals surface area contributed by atoms with Gasteiger partial charge in [-0.1, -0.05) is 36.4 Å². The Morgan fingerprint density at radius 2 is 1.86 bits per heavy atom. The number of rotatable bonds is 5. The first-order valence-electron chi connectivity index (χ1n) is 10.2. The van der Waals surface area contributed by atoms with Crippen LogP contribution in [0.15, 0.2) is 54.9 Å². The molecule has 1 unspecified atom stereocenters. The molecule has 3 heterocycles. The van der Waals surface area contributed by atoms with Gasteiger partial charge in [-0.2, -0.15) is 0 Å². The van der Waals surface area contributed by atoms with E-state index in [2.05, 4.69) is 34.1 Å². The zero-order valence-corrected chi connectivity index (χ0v) is 16.3. The van der Waals surface area contributed by atoms with Crippen molar-refractivity contribution in [1.29, 1.82) is 0 Å². The molecule has 28 heavy (non-hydrogen) atoms. The van der Waals surface area contributed by atoms with Gasteiger partial charge in [-0.15, -0.1) is 0 Å². The number of benzene rings is 1. The molecule has 4 rings (SSSR count). The van der Waals surface area contributed by atoms with Crippen LogP contribution in [0.4, 0.5) is 0 Å². The van der Waals surface area contributed by atoms with E-state index >= 15 is 0 Å². The number of carbonyl (C=O) groups excluding carboxylic acids is 1. The van der Waals surface area contributed by atoms with Gasteiger partial charge >= 0.3 is 0 Å². The number of nitrogens with zero attached hydrogens (tertiary/aromatic N) is 3. The molecule has 1 amide bonds. The number of pyridine rings is 1. The van der Waals surface area contributed by atoms with Gasteiger partial charge in [0, 0.05) is 57.6 Å². The molecule has 0 aliphatic carbocycles. The summed E-state index contributed by atoms with van der Waals surface area (Å²) >= 11 is 0. The van der Waals surface area contributed by atoms with Crippen molar-refractivity contribution < 1.29 is 9.90 Å². The fourth-order valence-electron chi connectivity index (χ4n) is 4.91. The summed E-state index contributed by atoms with van der Waals surface area (Å²) in [5.74, 6) is 0.481. The molecule has 2 aliphatic rings. The highest BCUT2D eigenvalue weighted by atomic mass is 16.3. The van der Waals surface area contributed by atoms with E-state index in [1.54, 1.807) is 12.4 Å². The van der Waals surface area contributed by atoms with Crippen molar-refractivity contribution in [1.82, 2.24) is 14.8 Å². The molecule has 2 saturated heterocycles. The molecule has 1 atom stereocenters.